The van der Waals surface area contributed by atoms with Crippen molar-refractivity contribution in [2.45, 2.75) is 17.8 Å². The van der Waals surface area contributed by atoms with E-state index in [1.54, 1.807) is 5.38 Å². The van der Waals surface area contributed by atoms with Gasteiger partial charge in [-0.1, -0.05) is 41.7 Å². The molecule has 0 radical (unpaired) electrons. The van der Waals surface area contributed by atoms with Crippen molar-refractivity contribution in [1.29, 1.82) is 0 Å². The normalized spacial score (nSPS) is 19.8. The number of aliphatic carboxylic acids is 1. The van der Waals surface area contributed by atoms with Gasteiger partial charge in [-0.05, 0) is 0 Å². The zero-order valence-corrected chi connectivity index (χ0v) is 19.2. The van der Waals surface area contributed by atoms with Crippen LogP contribution in [0.25, 0.3) is 16.1 Å². The molecule has 2 aliphatic heterocycles. The highest BCUT2D eigenvalue weighted by molar-refractivity contribution is 8.00. The number of hydrogen-bond donors (Lipinski definition) is 3. The summed E-state index contributed by atoms with van der Waals surface area (Å²) >= 11 is 3.89. The molecule has 1 aromatic carbocycles. The molecule has 0 saturated carbocycles. The molecule has 1 fully saturated rings. The lowest BCUT2D eigenvalue weighted by Gasteiger charge is -2.49. The van der Waals surface area contributed by atoms with Crippen LogP contribution >= 0.6 is 34.4 Å². The van der Waals surface area contributed by atoms with Crippen molar-refractivity contribution in [2.24, 2.45) is 0 Å². The minimum absolute atomic E-state index is 0.00517. The smallest absolute Gasteiger partial charge is 0.353 e. The fourth-order valence-electron chi connectivity index (χ4n) is 3.62. The molecule has 2 aliphatic rings. The maximum Gasteiger partial charge on any atom is 0.353 e. The summed E-state index contributed by atoms with van der Waals surface area (Å²) in [6, 6.07) is 8.66. The van der Waals surface area contributed by atoms with Gasteiger partial charge in [0.25, 0.3) is 5.91 Å². The summed E-state index contributed by atoms with van der Waals surface area (Å²) < 4.78 is 0. The number of hydrogen-bond acceptors (Lipinski definition) is 10. The predicted octanol–water partition coefficient (Wildman–Crippen LogP) is 1.68. The first kappa shape index (κ1) is 21.6. The Kier molecular flexibility index (Phi) is 5.60. The van der Waals surface area contributed by atoms with Crippen molar-refractivity contribution in [3.8, 4) is 10.6 Å². The second kappa shape index (κ2) is 8.57. The Hall–Kier alpha value is -3.29. The number of nitrogen functional groups attached to an aromatic ring is 1. The molecule has 0 spiro atoms. The SMILES string of the molecule is Nc1nc(CC(=O)NC2C(=O)N3C(C(=O)O)=C(c4nnc(-c5ccccc5)s4)CS[C@H]23)cs1. The number of nitrogens with zero attached hydrogens (tertiary/aromatic N) is 4. The molecule has 13 heteroatoms. The van der Waals surface area contributed by atoms with Crippen LogP contribution in [0.4, 0.5) is 5.13 Å². The average Bonchev–Trinajstić information content (AvgIpc) is 3.46. The zero-order valence-electron chi connectivity index (χ0n) is 16.8. The molecule has 3 aromatic rings. The number of β-lactam (4-membered cyclic amide) rings is 1. The van der Waals surface area contributed by atoms with Gasteiger partial charge in [0.15, 0.2) is 5.13 Å². The van der Waals surface area contributed by atoms with Crippen molar-refractivity contribution >= 4 is 62.9 Å². The fraction of sp³-hybridized carbons (Fsp3) is 0.200. The zero-order chi connectivity index (χ0) is 23.1. The minimum Gasteiger partial charge on any atom is -0.477 e. The van der Waals surface area contributed by atoms with E-state index in [2.05, 4.69) is 20.5 Å². The third-order valence-electron chi connectivity index (χ3n) is 5.10. The van der Waals surface area contributed by atoms with Crippen LogP contribution in [-0.4, -0.2) is 60.1 Å². The molecule has 4 N–H and O–H groups in total. The first-order chi connectivity index (χ1) is 15.9. The molecular formula is C20H16N6O4S3. The van der Waals surface area contributed by atoms with Gasteiger partial charge in [0, 0.05) is 22.3 Å². The van der Waals surface area contributed by atoms with Crippen LogP contribution in [0.2, 0.25) is 0 Å². The predicted molar refractivity (Wildman–Crippen MR) is 125 cm³/mol. The number of nitrogens with two attached hydrogens (primary N) is 1. The monoisotopic (exact) mass is 500 g/mol. The van der Waals surface area contributed by atoms with E-state index in [9.17, 15) is 19.5 Å². The number of benzene rings is 1. The van der Waals surface area contributed by atoms with Crippen LogP contribution in [0.15, 0.2) is 41.4 Å². The van der Waals surface area contributed by atoms with Crippen molar-refractivity contribution in [2.75, 3.05) is 11.5 Å². The largest absolute Gasteiger partial charge is 0.477 e. The summed E-state index contributed by atoms with van der Waals surface area (Å²) in [5, 5.41) is 23.6. The Balaban J connectivity index is 1.36. The van der Waals surface area contributed by atoms with Crippen molar-refractivity contribution < 1.29 is 19.5 Å². The standard InChI is InChI=1S/C20H16N6O4S3/c21-20-22-10(7-32-20)6-12(27)23-13-17(28)26-14(19(29)30)11(8-31-18(13)26)16-25-24-15(33-16)9-4-2-1-3-5-9/h1-5,7,13,18H,6,8H2,(H2,21,22)(H,23,27)(H,29,30)/t13?,18-/m1/s1. The number of carboxylic acids is 1. The lowest BCUT2D eigenvalue weighted by molar-refractivity contribution is -0.150. The van der Waals surface area contributed by atoms with Gasteiger partial charge in [0.05, 0.1) is 12.1 Å². The Morgan fingerprint density at radius 3 is 2.67 bits per heavy atom. The minimum atomic E-state index is -1.22. The second-order valence-corrected chi connectivity index (χ2v) is 10.2. The number of amides is 2. The summed E-state index contributed by atoms with van der Waals surface area (Å²) in [5.74, 6) is -1.74. The quantitative estimate of drug-likeness (QED) is 0.429. The first-order valence-corrected chi connectivity index (χ1v) is 12.5. The molecule has 2 amide bonds. The Labute approximate surface area is 199 Å². The topological polar surface area (TPSA) is 151 Å². The lowest BCUT2D eigenvalue weighted by atomic mass is 10.0. The van der Waals surface area contributed by atoms with Crippen LogP contribution in [0.1, 0.15) is 10.7 Å². The molecule has 2 atom stereocenters. The van der Waals surface area contributed by atoms with Crippen LogP contribution < -0.4 is 11.1 Å². The highest BCUT2D eigenvalue weighted by Gasteiger charge is 2.54. The maximum absolute atomic E-state index is 12.8. The van der Waals surface area contributed by atoms with Gasteiger partial charge in [-0.25, -0.2) is 9.78 Å². The van der Waals surface area contributed by atoms with Gasteiger partial charge in [0.1, 0.15) is 27.1 Å². The summed E-state index contributed by atoms with van der Waals surface area (Å²) in [4.78, 5) is 42.6. The molecule has 0 aliphatic carbocycles. The number of fused-ring (bicyclic) bond motifs is 1. The van der Waals surface area contributed by atoms with Crippen LogP contribution in [0.5, 0.6) is 0 Å². The Bertz CT molecular complexity index is 1290. The van der Waals surface area contributed by atoms with Gasteiger partial charge in [-0.15, -0.1) is 33.3 Å². The van der Waals surface area contributed by atoms with E-state index in [0.717, 1.165) is 5.56 Å². The summed E-state index contributed by atoms with van der Waals surface area (Å²) in [6.45, 7) is 0. The first-order valence-electron chi connectivity index (χ1n) is 9.72. The van der Waals surface area contributed by atoms with Crippen LogP contribution in [0.3, 0.4) is 0 Å². The maximum atomic E-state index is 12.8. The summed E-state index contributed by atoms with van der Waals surface area (Å²) in [6.07, 6.45) is -0.00517. The number of rotatable bonds is 6. The van der Waals surface area contributed by atoms with E-state index < -0.39 is 23.3 Å². The van der Waals surface area contributed by atoms with Crippen LogP contribution in [0, 0.1) is 0 Å². The molecule has 1 unspecified atom stereocenters. The average molecular weight is 501 g/mol. The Morgan fingerprint density at radius 2 is 1.97 bits per heavy atom. The number of carbonyl (C=O) groups is 3. The van der Waals surface area contributed by atoms with Gasteiger partial charge in [-0.3, -0.25) is 14.5 Å². The number of thioether (sulfide) groups is 1. The molecule has 10 nitrogen and oxygen atoms in total. The summed E-state index contributed by atoms with van der Waals surface area (Å²) in [5.41, 5.74) is 7.32. The lowest BCUT2D eigenvalue weighted by Crippen LogP contribution is -2.70. The van der Waals surface area contributed by atoms with Crippen molar-refractivity contribution in [3.05, 3.63) is 52.1 Å². The molecule has 5 rings (SSSR count). The van der Waals surface area contributed by atoms with E-state index in [1.165, 1.54) is 39.3 Å². The highest BCUT2D eigenvalue weighted by Crippen LogP contribution is 2.44. The van der Waals surface area contributed by atoms with Crippen LogP contribution in [-0.2, 0) is 20.8 Å². The van der Waals surface area contributed by atoms with E-state index in [-0.39, 0.29) is 18.0 Å². The number of thiazole rings is 1. The van der Waals surface area contributed by atoms with E-state index >= 15 is 0 Å². The van der Waals surface area contributed by atoms with Gasteiger partial charge >= 0.3 is 5.97 Å². The molecule has 33 heavy (non-hydrogen) atoms. The van der Waals surface area contributed by atoms with Gasteiger partial charge < -0.3 is 16.2 Å². The van der Waals surface area contributed by atoms with Gasteiger partial charge in [0.2, 0.25) is 5.91 Å². The second-order valence-electron chi connectivity index (χ2n) is 7.22. The highest BCUT2D eigenvalue weighted by atomic mass is 32.2. The fourth-order valence-corrected chi connectivity index (χ4v) is 6.51. The van der Waals surface area contributed by atoms with Crippen molar-refractivity contribution in [1.82, 2.24) is 25.4 Å². The summed E-state index contributed by atoms with van der Waals surface area (Å²) in [7, 11) is 0. The number of carbonyl (C=O) groups excluding carboxylic acids is 2. The molecule has 2 aromatic heterocycles. The molecule has 0 bridgehead atoms. The van der Waals surface area contributed by atoms with Crippen molar-refractivity contribution in [3.63, 3.8) is 0 Å². The van der Waals surface area contributed by atoms with E-state index in [0.29, 0.717) is 32.2 Å². The number of anilines is 1. The molecule has 4 heterocycles. The third kappa shape index (κ3) is 3.98. The Morgan fingerprint density at radius 1 is 1.21 bits per heavy atom. The van der Waals surface area contributed by atoms with E-state index in [4.69, 9.17) is 5.73 Å². The number of carboxylic acid groups (broad SMARTS) is 1. The van der Waals surface area contributed by atoms with Gasteiger partial charge in [-0.2, -0.15) is 0 Å². The molecule has 1 saturated heterocycles. The van der Waals surface area contributed by atoms with E-state index in [1.807, 2.05) is 30.3 Å². The number of aromatic nitrogens is 3. The number of nitrogens with one attached hydrogen (secondary N) is 1. The molecule has 168 valence electrons. The third-order valence-corrected chi connectivity index (χ3v) is 8.14. The molecular weight excluding hydrogens is 484 g/mol.